The van der Waals surface area contributed by atoms with E-state index in [-0.39, 0.29) is 17.4 Å². The molecule has 8 nitrogen and oxygen atoms in total. The summed E-state index contributed by atoms with van der Waals surface area (Å²) in [5.41, 5.74) is 3.59. The summed E-state index contributed by atoms with van der Waals surface area (Å²) in [6, 6.07) is 8.50. The predicted molar refractivity (Wildman–Crippen MR) is 123 cm³/mol. The van der Waals surface area contributed by atoms with Gasteiger partial charge in [0.05, 0.1) is 12.6 Å². The van der Waals surface area contributed by atoms with Crippen LogP contribution in [0.5, 0.6) is 0 Å². The Balaban J connectivity index is 1.44. The lowest BCUT2D eigenvalue weighted by atomic mass is 9.86. The molecule has 168 valence electrons. The van der Waals surface area contributed by atoms with E-state index in [1.54, 1.807) is 23.3 Å². The summed E-state index contributed by atoms with van der Waals surface area (Å²) in [6.45, 7) is 10.3. The molecule has 1 amide bonds. The Morgan fingerprint density at radius 1 is 1.28 bits per heavy atom. The third-order valence-corrected chi connectivity index (χ3v) is 5.51. The number of aryl methyl sites for hydroxylation is 1. The number of benzene rings is 1. The monoisotopic (exact) mass is 434 g/mol. The number of nitrogens with zero attached hydrogens (tertiary/aromatic N) is 4. The van der Waals surface area contributed by atoms with Gasteiger partial charge in [0.15, 0.2) is 0 Å². The molecule has 0 bridgehead atoms. The minimum absolute atomic E-state index is 0.0622. The van der Waals surface area contributed by atoms with Gasteiger partial charge < -0.3 is 15.4 Å². The number of carbonyl (C=O) groups is 1. The number of hydrogen-bond donors (Lipinski definition) is 2. The predicted octanol–water partition coefficient (Wildman–Crippen LogP) is 3.40. The average molecular weight is 435 g/mol. The van der Waals surface area contributed by atoms with Crippen LogP contribution >= 0.6 is 0 Å². The molecule has 1 fully saturated rings. The zero-order valence-electron chi connectivity index (χ0n) is 19.1. The molecule has 0 radical (unpaired) electrons. The van der Waals surface area contributed by atoms with Gasteiger partial charge in [0.25, 0.3) is 5.91 Å². The van der Waals surface area contributed by atoms with E-state index in [9.17, 15) is 4.79 Å². The Kier molecular flexibility index (Phi) is 6.23. The fraction of sp³-hybridized carbons (Fsp3) is 0.417. The minimum atomic E-state index is -0.224. The fourth-order valence-corrected chi connectivity index (χ4v) is 3.57. The number of aromatic nitrogens is 4. The largest absolute Gasteiger partial charge is 0.379 e. The highest BCUT2D eigenvalue weighted by molar-refractivity contribution is 5.92. The smallest absolute Gasteiger partial charge is 0.271 e. The molecule has 32 heavy (non-hydrogen) atoms. The molecule has 0 aliphatic carbocycles. The van der Waals surface area contributed by atoms with Crippen molar-refractivity contribution in [1.82, 2.24) is 24.8 Å². The van der Waals surface area contributed by atoms with Gasteiger partial charge in [-0.3, -0.25) is 9.36 Å². The van der Waals surface area contributed by atoms with Crippen molar-refractivity contribution in [2.45, 2.75) is 52.1 Å². The third kappa shape index (κ3) is 5.13. The van der Waals surface area contributed by atoms with E-state index >= 15 is 0 Å². The van der Waals surface area contributed by atoms with Gasteiger partial charge in [-0.25, -0.2) is 9.97 Å². The van der Waals surface area contributed by atoms with Crippen LogP contribution in [-0.2, 0) is 16.7 Å². The van der Waals surface area contributed by atoms with Gasteiger partial charge in [-0.2, -0.15) is 4.98 Å². The van der Waals surface area contributed by atoms with Crippen molar-refractivity contribution in [3.8, 4) is 5.82 Å². The second-order valence-corrected chi connectivity index (χ2v) is 9.20. The van der Waals surface area contributed by atoms with Crippen LogP contribution in [0, 0.1) is 6.92 Å². The van der Waals surface area contributed by atoms with Crippen LogP contribution < -0.4 is 10.6 Å². The van der Waals surface area contributed by atoms with Crippen molar-refractivity contribution >= 4 is 11.9 Å². The molecule has 3 heterocycles. The maximum atomic E-state index is 12.7. The van der Waals surface area contributed by atoms with Crippen molar-refractivity contribution in [2.75, 3.05) is 18.5 Å². The molecule has 1 saturated heterocycles. The minimum Gasteiger partial charge on any atom is -0.379 e. The number of rotatable bonds is 6. The molecule has 1 aliphatic heterocycles. The number of amides is 1. The Morgan fingerprint density at radius 2 is 2.12 bits per heavy atom. The molecular weight excluding hydrogens is 404 g/mol. The van der Waals surface area contributed by atoms with Gasteiger partial charge in [0, 0.05) is 31.1 Å². The summed E-state index contributed by atoms with van der Waals surface area (Å²) in [6.07, 6.45) is 5.99. The zero-order valence-corrected chi connectivity index (χ0v) is 19.1. The molecule has 2 aromatic heterocycles. The van der Waals surface area contributed by atoms with E-state index in [4.69, 9.17) is 4.74 Å². The van der Waals surface area contributed by atoms with Crippen molar-refractivity contribution in [1.29, 1.82) is 0 Å². The van der Waals surface area contributed by atoms with E-state index in [1.807, 2.05) is 19.1 Å². The van der Waals surface area contributed by atoms with Crippen LogP contribution in [-0.4, -0.2) is 44.7 Å². The van der Waals surface area contributed by atoms with Crippen molar-refractivity contribution in [2.24, 2.45) is 0 Å². The van der Waals surface area contributed by atoms with Crippen molar-refractivity contribution in [3.05, 3.63) is 65.4 Å². The van der Waals surface area contributed by atoms with E-state index in [0.29, 0.717) is 30.6 Å². The lowest BCUT2D eigenvalue weighted by molar-refractivity contribution is 0.0946. The van der Waals surface area contributed by atoms with Gasteiger partial charge in [-0.15, -0.1) is 0 Å². The number of carbonyl (C=O) groups excluding carboxylic acids is 1. The van der Waals surface area contributed by atoms with Crippen LogP contribution in [0.15, 0.2) is 43.0 Å². The molecule has 8 heteroatoms. The summed E-state index contributed by atoms with van der Waals surface area (Å²) < 4.78 is 7.15. The Bertz CT molecular complexity index is 1100. The highest BCUT2D eigenvalue weighted by Crippen LogP contribution is 2.23. The first kappa shape index (κ1) is 22.0. The Labute approximate surface area is 188 Å². The van der Waals surface area contributed by atoms with Crippen molar-refractivity contribution < 1.29 is 9.53 Å². The second kappa shape index (κ2) is 9.08. The van der Waals surface area contributed by atoms with Gasteiger partial charge >= 0.3 is 0 Å². The highest BCUT2D eigenvalue weighted by atomic mass is 16.5. The second-order valence-electron chi connectivity index (χ2n) is 9.20. The average Bonchev–Trinajstić information content (AvgIpc) is 3.45. The molecule has 0 saturated carbocycles. The summed E-state index contributed by atoms with van der Waals surface area (Å²) in [7, 11) is 0. The number of anilines is 1. The van der Waals surface area contributed by atoms with Crippen LogP contribution in [0.2, 0.25) is 0 Å². The van der Waals surface area contributed by atoms with Crippen LogP contribution in [0.1, 0.15) is 54.4 Å². The van der Waals surface area contributed by atoms with Gasteiger partial charge in [0.2, 0.25) is 5.95 Å². The topological polar surface area (TPSA) is 94.0 Å². The number of imidazole rings is 1. The van der Waals surface area contributed by atoms with Crippen LogP contribution in [0.4, 0.5) is 5.95 Å². The third-order valence-electron chi connectivity index (χ3n) is 5.51. The van der Waals surface area contributed by atoms with Gasteiger partial charge in [-0.05, 0) is 29.9 Å². The first-order valence-corrected chi connectivity index (χ1v) is 10.9. The molecule has 4 rings (SSSR count). The standard InChI is InChI=1S/C24H30N6O2/c1-16-11-26-23(28-19-8-9-32-14-19)29-21(16)30-13-20(27-15-30)22(31)25-12-17-6-5-7-18(10-17)24(2,3)4/h5-7,10-11,13,15,19H,8-9,12,14H2,1-4H3,(H,25,31)(H,26,28,29)/t19-/m0/s1. The lowest BCUT2D eigenvalue weighted by Gasteiger charge is -2.19. The maximum Gasteiger partial charge on any atom is 0.271 e. The van der Waals surface area contributed by atoms with E-state index < -0.39 is 0 Å². The molecule has 1 aromatic carbocycles. The lowest BCUT2D eigenvalue weighted by Crippen LogP contribution is -2.23. The first-order valence-electron chi connectivity index (χ1n) is 10.9. The molecule has 3 aromatic rings. The molecule has 2 N–H and O–H groups in total. The number of hydrogen-bond acceptors (Lipinski definition) is 6. The first-order chi connectivity index (χ1) is 15.3. The van der Waals surface area contributed by atoms with Gasteiger partial charge in [0.1, 0.15) is 17.8 Å². The summed E-state index contributed by atoms with van der Waals surface area (Å²) in [5.74, 6) is 1.00. The zero-order chi connectivity index (χ0) is 22.7. The Morgan fingerprint density at radius 3 is 2.88 bits per heavy atom. The van der Waals surface area contributed by atoms with E-state index in [1.165, 1.54) is 5.56 Å². The summed E-state index contributed by atoms with van der Waals surface area (Å²) in [4.78, 5) is 26.0. The number of ether oxygens (including phenoxy) is 1. The molecule has 1 aliphatic rings. The fourth-order valence-electron chi connectivity index (χ4n) is 3.57. The van der Waals surface area contributed by atoms with Crippen molar-refractivity contribution in [3.63, 3.8) is 0 Å². The SMILES string of the molecule is Cc1cnc(N[C@H]2CCOC2)nc1-n1cnc(C(=O)NCc2cccc(C(C)(C)C)c2)c1. The van der Waals surface area contributed by atoms with Gasteiger partial charge in [-0.1, -0.05) is 45.0 Å². The van der Waals surface area contributed by atoms with E-state index in [2.05, 4.69) is 58.5 Å². The van der Waals surface area contributed by atoms with Crippen LogP contribution in [0.25, 0.3) is 5.82 Å². The summed E-state index contributed by atoms with van der Waals surface area (Å²) >= 11 is 0. The normalized spacial score (nSPS) is 16.2. The van der Waals surface area contributed by atoms with Crippen LogP contribution in [0.3, 0.4) is 0 Å². The van der Waals surface area contributed by atoms with E-state index in [0.717, 1.165) is 24.2 Å². The Hall–Kier alpha value is -3.26. The maximum absolute atomic E-state index is 12.7. The molecule has 1 atom stereocenters. The molecule has 0 spiro atoms. The molecule has 0 unspecified atom stereocenters. The quantitative estimate of drug-likeness (QED) is 0.618. The number of nitrogens with one attached hydrogen (secondary N) is 2. The molecular formula is C24H30N6O2. The highest BCUT2D eigenvalue weighted by Gasteiger charge is 2.18. The summed E-state index contributed by atoms with van der Waals surface area (Å²) in [5, 5.41) is 6.26.